The molecule has 0 aliphatic rings. The van der Waals surface area contributed by atoms with Crippen LogP contribution < -0.4 is 4.72 Å². The Morgan fingerprint density at radius 2 is 1.61 bits per heavy atom. The first-order valence-corrected chi connectivity index (χ1v) is 17.0. The average Bonchev–Trinajstić information content (AvgIpc) is 3.34. The minimum Gasteiger partial charge on any atom is -0.593 e. The summed E-state index contributed by atoms with van der Waals surface area (Å²) in [5.41, 5.74) is 6.05. The Labute approximate surface area is 233 Å². The monoisotopic (exact) mass is 552 g/mol. The molecule has 0 aliphatic carbocycles. The molecule has 1 heterocycles. The van der Waals surface area contributed by atoms with Crippen molar-refractivity contribution in [2.24, 2.45) is 0 Å². The Hall–Kier alpha value is -2.32. The van der Waals surface area contributed by atoms with E-state index in [1.807, 2.05) is 43.3 Å². The van der Waals surface area contributed by atoms with Crippen LogP contribution in [0, 0.1) is 6.92 Å². The average molecular weight is 553 g/mol. The molecule has 0 saturated carbocycles. The highest BCUT2D eigenvalue weighted by atomic mass is 32.2. The van der Waals surface area contributed by atoms with Crippen LogP contribution >= 0.6 is 0 Å². The van der Waals surface area contributed by atoms with E-state index in [2.05, 4.69) is 81.1 Å². The van der Waals surface area contributed by atoms with E-state index in [0.29, 0.717) is 28.1 Å². The number of carbonyl (C=O) groups excluding carboxylic acids is 1. The number of rotatable bonds is 12. The van der Waals surface area contributed by atoms with Gasteiger partial charge in [-0.3, -0.25) is 4.79 Å². The summed E-state index contributed by atoms with van der Waals surface area (Å²) in [5.74, 6) is -0.316. The van der Waals surface area contributed by atoms with Gasteiger partial charge in [0.05, 0.1) is 30.4 Å². The fourth-order valence-electron chi connectivity index (χ4n) is 6.11. The number of hydrogen-bond donors (Lipinski definition) is 1. The van der Waals surface area contributed by atoms with Crippen molar-refractivity contribution in [3.05, 3.63) is 78.1 Å². The zero-order chi connectivity index (χ0) is 28.0. The maximum absolute atomic E-state index is 13.2. The summed E-state index contributed by atoms with van der Waals surface area (Å²) in [6.07, 6.45) is 4.67. The summed E-state index contributed by atoms with van der Waals surface area (Å²) in [7, 11) is -1.84. The van der Waals surface area contributed by atoms with Crippen molar-refractivity contribution < 1.29 is 14.1 Å². The van der Waals surface area contributed by atoms with Crippen molar-refractivity contribution in [1.82, 2.24) is 8.95 Å². The minimum atomic E-state index is -1.84. The van der Waals surface area contributed by atoms with Gasteiger partial charge in [0, 0.05) is 6.20 Å². The molecule has 1 aromatic heterocycles. The van der Waals surface area contributed by atoms with E-state index in [1.165, 1.54) is 0 Å². The summed E-state index contributed by atoms with van der Waals surface area (Å²) in [6.45, 7) is 18.3. The third-order valence-corrected chi connectivity index (χ3v) is 15.6. The molecule has 3 rings (SSSR count). The van der Waals surface area contributed by atoms with Crippen LogP contribution in [0.5, 0.6) is 0 Å². The second kappa shape index (κ2) is 13.2. The standard InChI is InChI=1S/C31H44N2O3SSi/c1-9-36-31(34)20-30(32-37(35)29-15-13-25(8)14-16-29)27-12-10-11-26(19-27)28-17-18-33(21-28)38(22(2)3,23(4)5)24(6)7/h10-19,21-24,30,32H,9,20H2,1-8H3. The summed E-state index contributed by atoms with van der Waals surface area (Å²) >= 11 is -1.47. The van der Waals surface area contributed by atoms with E-state index >= 15 is 0 Å². The number of nitrogens with one attached hydrogen (secondary N) is 1. The van der Waals surface area contributed by atoms with Gasteiger partial charge in [0.25, 0.3) is 0 Å². The number of aryl methyl sites for hydroxylation is 1. The van der Waals surface area contributed by atoms with Crippen molar-refractivity contribution in [2.45, 2.75) is 89.4 Å². The molecular weight excluding hydrogens is 509 g/mol. The highest BCUT2D eigenvalue weighted by Gasteiger charge is 2.45. The molecule has 206 valence electrons. The SMILES string of the molecule is CCOC(=O)CC(N[S+]([O-])c1ccc(C)cc1)c1cccc(-c2ccn([Si](C(C)C)(C(C)C)C(C)C)c2)c1. The lowest BCUT2D eigenvalue weighted by atomic mass is 10.00. The number of nitrogens with zero attached hydrogens (tertiary/aromatic N) is 1. The smallest absolute Gasteiger partial charge is 0.307 e. The molecule has 0 aliphatic heterocycles. The van der Waals surface area contributed by atoms with E-state index in [1.54, 1.807) is 6.92 Å². The maximum atomic E-state index is 13.2. The third kappa shape index (κ3) is 6.62. The molecule has 2 atom stereocenters. The number of benzene rings is 2. The van der Waals surface area contributed by atoms with E-state index in [0.717, 1.165) is 22.3 Å². The van der Waals surface area contributed by atoms with Crippen LogP contribution in [0.4, 0.5) is 0 Å². The number of esters is 1. The van der Waals surface area contributed by atoms with Gasteiger partial charge in [0.2, 0.25) is 0 Å². The highest BCUT2D eigenvalue weighted by molar-refractivity contribution is 7.89. The molecule has 3 aromatic rings. The Morgan fingerprint density at radius 1 is 0.974 bits per heavy atom. The predicted molar refractivity (Wildman–Crippen MR) is 161 cm³/mol. The molecule has 0 amide bonds. The van der Waals surface area contributed by atoms with Crippen LogP contribution in [0.15, 0.2) is 71.9 Å². The van der Waals surface area contributed by atoms with Gasteiger partial charge in [-0.25, -0.2) is 0 Å². The van der Waals surface area contributed by atoms with Gasteiger partial charge in [-0.05, 0) is 77.6 Å². The molecule has 7 heteroatoms. The van der Waals surface area contributed by atoms with Gasteiger partial charge in [0.15, 0.2) is 13.1 Å². The van der Waals surface area contributed by atoms with Crippen LogP contribution in [0.25, 0.3) is 11.1 Å². The third-order valence-electron chi connectivity index (χ3n) is 7.70. The second-order valence-electron chi connectivity index (χ2n) is 11.0. The topological polar surface area (TPSA) is 66.3 Å². The van der Waals surface area contributed by atoms with Gasteiger partial charge in [-0.1, -0.05) is 77.4 Å². The van der Waals surface area contributed by atoms with Crippen LogP contribution in [0.1, 0.15) is 72.1 Å². The lowest BCUT2D eigenvalue weighted by molar-refractivity contribution is -0.143. The van der Waals surface area contributed by atoms with Crippen LogP contribution in [-0.4, -0.2) is 29.6 Å². The van der Waals surface area contributed by atoms with Crippen molar-refractivity contribution in [1.29, 1.82) is 0 Å². The molecule has 2 aromatic carbocycles. The van der Waals surface area contributed by atoms with Crippen LogP contribution in [-0.2, 0) is 20.9 Å². The van der Waals surface area contributed by atoms with Crippen LogP contribution in [0.2, 0.25) is 16.6 Å². The molecule has 0 fully saturated rings. The number of carbonyl (C=O) groups is 1. The van der Waals surface area contributed by atoms with Gasteiger partial charge in [-0.2, -0.15) is 0 Å². The summed E-state index contributed by atoms with van der Waals surface area (Å²) in [4.78, 5) is 13.2. The largest absolute Gasteiger partial charge is 0.593 e. The molecule has 0 radical (unpaired) electrons. The Morgan fingerprint density at radius 3 is 2.18 bits per heavy atom. The quantitative estimate of drug-likeness (QED) is 0.141. The van der Waals surface area contributed by atoms with E-state index in [-0.39, 0.29) is 12.4 Å². The molecule has 0 spiro atoms. The van der Waals surface area contributed by atoms with Crippen molar-refractivity contribution in [3.63, 3.8) is 0 Å². The Balaban J connectivity index is 1.96. The van der Waals surface area contributed by atoms with Crippen molar-refractivity contribution >= 4 is 25.6 Å². The van der Waals surface area contributed by atoms with E-state index in [9.17, 15) is 9.35 Å². The molecule has 5 nitrogen and oxygen atoms in total. The first-order valence-electron chi connectivity index (χ1n) is 13.7. The highest BCUT2D eigenvalue weighted by Crippen LogP contribution is 2.43. The molecular formula is C31H44N2O3SSi. The first kappa shape index (κ1) is 30.2. The lowest BCUT2D eigenvalue weighted by Crippen LogP contribution is -2.51. The fraction of sp³-hybridized carbons (Fsp3) is 0.452. The van der Waals surface area contributed by atoms with Crippen molar-refractivity contribution in [2.75, 3.05) is 6.61 Å². The number of ether oxygens (including phenoxy) is 1. The second-order valence-corrected chi connectivity index (χ2v) is 18.0. The van der Waals surface area contributed by atoms with Crippen LogP contribution in [0.3, 0.4) is 0 Å². The van der Waals surface area contributed by atoms with E-state index in [4.69, 9.17) is 4.74 Å². The predicted octanol–water partition coefficient (Wildman–Crippen LogP) is 7.79. The molecule has 2 unspecified atom stereocenters. The zero-order valence-corrected chi connectivity index (χ0v) is 26.0. The normalized spacial score (nSPS) is 13.8. The van der Waals surface area contributed by atoms with E-state index < -0.39 is 25.6 Å². The Kier molecular flexibility index (Phi) is 10.5. The maximum Gasteiger partial charge on any atom is 0.307 e. The fourth-order valence-corrected chi connectivity index (χ4v) is 13.6. The van der Waals surface area contributed by atoms with Gasteiger partial charge in [-0.15, -0.1) is 4.72 Å². The summed E-state index contributed by atoms with van der Waals surface area (Å²) < 4.78 is 24.2. The molecule has 0 saturated heterocycles. The first-order chi connectivity index (χ1) is 18.0. The molecule has 0 bridgehead atoms. The summed E-state index contributed by atoms with van der Waals surface area (Å²) in [5, 5.41) is 0. The van der Waals surface area contributed by atoms with Gasteiger partial charge < -0.3 is 13.5 Å². The van der Waals surface area contributed by atoms with Gasteiger partial charge >= 0.3 is 5.97 Å². The molecule has 38 heavy (non-hydrogen) atoms. The number of hydrogen-bond acceptors (Lipinski definition) is 4. The van der Waals surface area contributed by atoms with Gasteiger partial charge in [0.1, 0.15) is 0 Å². The Bertz CT molecular complexity index is 1170. The van der Waals surface area contributed by atoms with Crippen molar-refractivity contribution in [3.8, 4) is 11.1 Å². The minimum absolute atomic E-state index is 0.0972. The number of aromatic nitrogens is 1. The zero-order valence-electron chi connectivity index (χ0n) is 24.2. The molecule has 1 N–H and O–H groups in total. The lowest BCUT2D eigenvalue weighted by Gasteiger charge is -2.44. The summed E-state index contributed by atoms with van der Waals surface area (Å²) in [6, 6.07) is 17.5.